The van der Waals surface area contributed by atoms with Gasteiger partial charge < -0.3 is 5.11 Å². The van der Waals surface area contributed by atoms with Gasteiger partial charge in [-0.2, -0.15) is 4.58 Å². The molecule has 1 unspecified atom stereocenters. The molecule has 3 nitrogen and oxygen atoms in total. The molecule has 1 N–H and O–H groups in total. The van der Waals surface area contributed by atoms with Crippen molar-refractivity contribution < 1.29 is 14.5 Å². The monoisotopic (exact) mass is 392 g/mol. The first kappa shape index (κ1) is 21.3. The summed E-state index contributed by atoms with van der Waals surface area (Å²) in [7, 11) is 0. The number of carboxylic acid groups (broad SMARTS) is 1. The molecule has 0 saturated heterocycles. The maximum Gasteiger partial charge on any atom is 0.397 e. The molecule has 1 heterocycles. The molecule has 1 aliphatic rings. The van der Waals surface area contributed by atoms with Gasteiger partial charge in [-0.15, -0.1) is 0 Å². The molecule has 0 aromatic heterocycles. The Morgan fingerprint density at radius 1 is 0.897 bits per heavy atom. The molecule has 0 aliphatic carbocycles. The second kappa shape index (κ2) is 7.44. The summed E-state index contributed by atoms with van der Waals surface area (Å²) >= 11 is 0. The molecule has 154 valence electrons. The Labute approximate surface area is 175 Å². The lowest BCUT2D eigenvalue weighted by molar-refractivity contribution is -0.516. The maximum atomic E-state index is 12.7. The smallest absolute Gasteiger partial charge is 0.397 e. The van der Waals surface area contributed by atoms with Crippen molar-refractivity contribution in [1.82, 2.24) is 0 Å². The van der Waals surface area contributed by atoms with Crippen LogP contribution in [-0.2, 0) is 10.2 Å². The quantitative estimate of drug-likeness (QED) is 0.612. The zero-order chi connectivity index (χ0) is 21.6. The van der Waals surface area contributed by atoms with Crippen LogP contribution in [0.4, 0.5) is 5.69 Å². The van der Waals surface area contributed by atoms with E-state index < -0.39 is 11.4 Å². The van der Waals surface area contributed by atoms with E-state index in [0.717, 1.165) is 17.7 Å². The largest absolute Gasteiger partial charge is 0.474 e. The second-order valence-corrected chi connectivity index (χ2v) is 9.77. The van der Waals surface area contributed by atoms with E-state index >= 15 is 0 Å². The van der Waals surface area contributed by atoms with Crippen molar-refractivity contribution in [2.24, 2.45) is 0 Å². The lowest BCUT2D eigenvalue weighted by atomic mass is 9.73. The van der Waals surface area contributed by atoms with Crippen LogP contribution < -0.4 is 0 Å². The predicted octanol–water partition coefficient (Wildman–Crippen LogP) is 6.24. The molecular weight excluding hydrogens is 358 g/mol. The number of rotatable bonds is 5. The van der Waals surface area contributed by atoms with Crippen LogP contribution in [0.15, 0.2) is 48.5 Å². The number of nitrogens with zero attached hydrogens (tertiary/aromatic N) is 1. The van der Waals surface area contributed by atoms with Crippen LogP contribution in [0.25, 0.3) is 0 Å². The Balaban J connectivity index is 2.45. The molecule has 0 radical (unpaired) electrons. The third kappa shape index (κ3) is 3.52. The average Bonchev–Trinajstić information content (AvgIpc) is 2.87. The Kier molecular flexibility index (Phi) is 5.46. The fourth-order valence-electron chi connectivity index (χ4n) is 5.14. The molecule has 0 spiro atoms. The molecule has 2 aromatic rings. The minimum Gasteiger partial charge on any atom is -0.474 e. The molecule has 1 aliphatic heterocycles. The van der Waals surface area contributed by atoms with Crippen LogP contribution in [0.3, 0.4) is 0 Å². The molecule has 0 fully saturated rings. The number of benzene rings is 2. The summed E-state index contributed by atoms with van der Waals surface area (Å²) in [5, 5.41) is 10.5. The van der Waals surface area contributed by atoms with Gasteiger partial charge >= 0.3 is 5.97 Å². The highest BCUT2D eigenvalue weighted by atomic mass is 16.4. The zero-order valence-electron chi connectivity index (χ0n) is 18.8. The molecule has 0 bridgehead atoms. The molecule has 29 heavy (non-hydrogen) atoms. The van der Waals surface area contributed by atoms with Crippen molar-refractivity contribution in [3.8, 4) is 0 Å². The molecule has 3 heteroatoms. The summed E-state index contributed by atoms with van der Waals surface area (Å²) < 4.78 is 2.15. The van der Waals surface area contributed by atoms with Gasteiger partial charge in [-0.05, 0) is 24.3 Å². The van der Waals surface area contributed by atoms with Gasteiger partial charge in [-0.25, -0.2) is 4.79 Å². The summed E-state index contributed by atoms with van der Waals surface area (Å²) in [5.74, 6) is -0.230. The van der Waals surface area contributed by atoms with Crippen LogP contribution in [0.1, 0.15) is 83.4 Å². The first-order valence-corrected chi connectivity index (χ1v) is 10.6. The van der Waals surface area contributed by atoms with Gasteiger partial charge in [0.1, 0.15) is 0 Å². The van der Waals surface area contributed by atoms with Crippen LogP contribution in [0.2, 0.25) is 0 Å². The Morgan fingerprint density at radius 3 is 1.86 bits per heavy atom. The van der Waals surface area contributed by atoms with Crippen molar-refractivity contribution >= 4 is 17.4 Å². The summed E-state index contributed by atoms with van der Waals surface area (Å²) in [4.78, 5) is 12.7. The topological polar surface area (TPSA) is 40.3 Å². The van der Waals surface area contributed by atoms with E-state index in [0.29, 0.717) is 17.5 Å². The Hall–Kier alpha value is -2.42. The van der Waals surface area contributed by atoms with E-state index in [1.807, 2.05) is 18.2 Å². The highest BCUT2D eigenvalue weighted by molar-refractivity contribution is 6.37. The Bertz CT molecular complexity index is 928. The van der Waals surface area contributed by atoms with Crippen LogP contribution in [0, 0.1) is 0 Å². The number of hydrogen-bond donors (Lipinski definition) is 1. The van der Waals surface area contributed by atoms with Gasteiger partial charge in [-0.1, -0.05) is 76.2 Å². The highest BCUT2D eigenvalue weighted by Crippen LogP contribution is 2.48. The van der Waals surface area contributed by atoms with Gasteiger partial charge in [0.15, 0.2) is 5.54 Å². The van der Waals surface area contributed by atoms with E-state index in [9.17, 15) is 9.90 Å². The second-order valence-electron chi connectivity index (χ2n) is 9.77. The van der Waals surface area contributed by atoms with Crippen LogP contribution in [0.5, 0.6) is 0 Å². The van der Waals surface area contributed by atoms with Crippen molar-refractivity contribution in [1.29, 1.82) is 0 Å². The van der Waals surface area contributed by atoms with E-state index in [2.05, 4.69) is 83.4 Å². The van der Waals surface area contributed by atoms with Gasteiger partial charge in [0, 0.05) is 31.4 Å². The average molecular weight is 393 g/mol. The molecule has 0 amide bonds. The zero-order valence-corrected chi connectivity index (χ0v) is 18.8. The Morgan fingerprint density at radius 2 is 1.41 bits per heavy atom. The number of para-hydroxylation sites is 1. The third-order valence-corrected chi connectivity index (χ3v) is 6.32. The fourth-order valence-corrected chi connectivity index (χ4v) is 5.14. The molecule has 1 atom stereocenters. The van der Waals surface area contributed by atoms with Crippen molar-refractivity contribution in [2.75, 3.05) is 0 Å². The summed E-state index contributed by atoms with van der Waals surface area (Å²) in [6, 6.07) is 16.5. The normalized spacial score (nSPS) is 21.3. The molecule has 2 aromatic carbocycles. The van der Waals surface area contributed by atoms with E-state index in [1.54, 1.807) is 0 Å². The van der Waals surface area contributed by atoms with Crippen LogP contribution in [-0.4, -0.2) is 26.9 Å². The maximum absolute atomic E-state index is 12.7. The van der Waals surface area contributed by atoms with E-state index in [-0.39, 0.29) is 5.54 Å². The van der Waals surface area contributed by atoms with Gasteiger partial charge in [0.2, 0.25) is 5.69 Å². The summed E-state index contributed by atoms with van der Waals surface area (Å²) in [6.45, 7) is 15.2. The standard InChI is InChI=1S/C26H33NO2/c1-17(2)20-14-11-15-21(18(3)4)22(20)27-23(24(28)29)26(7,16-25(27,5)6)19-12-9-8-10-13-19/h8-15,17-18H,16H2,1-7H3/p+1. The summed E-state index contributed by atoms with van der Waals surface area (Å²) in [6.07, 6.45) is 0.746. The minimum atomic E-state index is -0.838. The lowest BCUT2D eigenvalue weighted by Crippen LogP contribution is -2.37. The van der Waals surface area contributed by atoms with Crippen molar-refractivity contribution in [2.45, 2.75) is 77.7 Å². The number of hydrogen-bond acceptors (Lipinski definition) is 1. The summed E-state index contributed by atoms with van der Waals surface area (Å²) in [5.41, 5.74) is 4.15. The predicted molar refractivity (Wildman–Crippen MR) is 120 cm³/mol. The van der Waals surface area contributed by atoms with Crippen molar-refractivity contribution in [3.05, 3.63) is 65.2 Å². The number of carboxylic acids is 1. The van der Waals surface area contributed by atoms with Gasteiger partial charge in [0.05, 0.1) is 5.41 Å². The fraction of sp³-hybridized carbons (Fsp3) is 0.462. The molecule has 3 rings (SSSR count). The molecule has 0 saturated carbocycles. The van der Waals surface area contributed by atoms with Crippen molar-refractivity contribution in [3.63, 3.8) is 0 Å². The third-order valence-electron chi connectivity index (χ3n) is 6.32. The first-order chi connectivity index (χ1) is 13.5. The van der Waals surface area contributed by atoms with Crippen LogP contribution >= 0.6 is 0 Å². The lowest BCUT2D eigenvalue weighted by Gasteiger charge is -2.24. The van der Waals surface area contributed by atoms with E-state index in [4.69, 9.17) is 0 Å². The van der Waals surface area contributed by atoms with Gasteiger partial charge in [-0.3, -0.25) is 0 Å². The SMILES string of the molecule is CC(C)c1cccc(C(C)C)c1[N+]1=C(C(=O)O)C(C)(c2ccccc2)CC1(C)C. The van der Waals surface area contributed by atoms with E-state index in [1.165, 1.54) is 11.1 Å². The highest BCUT2D eigenvalue weighted by Gasteiger charge is 2.59. The molecular formula is C26H34NO2+. The number of aliphatic carboxylic acids is 1. The minimum absolute atomic E-state index is 0.304. The first-order valence-electron chi connectivity index (χ1n) is 10.6. The van der Waals surface area contributed by atoms with Gasteiger partial charge in [0.25, 0.3) is 5.71 Å². The number of carbonyl (C=O) groups is 1.